The molecule has 24 heavy (non-hydrogen) atoms. The van der Waals surface area contributed by atoms with E-state index >= 15 is 0 Å². The van der Waals surface area contributed by atoms with Crippen LogP contribution in [0.4, 0.5) is 10.5 Å². The Balaban J connectivity index is 0.00000208. The van der Waals surface area contributed by atoms with E-state index in [9.17, 15) is 9.59 Å². The number of nitrogens with one attached hydrogen (secondary N) is 3. The van der Waals surface area contributed by atoms with Crippen LogP contribution in [0.5, 0.6) is 0 Å². The van der Waals surface area contributed by atoms with E-state index in [-0.39, 0.29) is 36.4 Å². The highest BCUT2D eigenvalue weighted by Crippen LogP contribution is 2.28. The van der Waals surface area contributed by atoms with Gasteiger partial charge in [-0.25, -0.2) is 4.79 Å². The predicted molar refractivity (Wildman–Crippen MR) is 97.4 cm³/mol. The zero-order chi connectivity index (χ0) is 16.4. The normalized spacial score (nSPS) is 23.4. The Bertz CT molecular complexity index is 626. The van der Waals surface area contributed by atoms with Gasteiger partial charge < -0.3 is 16.0 Å². The Morgan fingerprint density at radius 1 is 1.38 bits per heavy atom. The van der Waals surface area contributed by atoms with Gasteiger partial charge in [-0.05, 0) is 44.5 Å². The van der Waals surface area contributed by atoms with Crippen LogP contribution in [0.15, 0.2) is 18.2 Å². The van der Waals surface area contributed by atoms with Gasteiger partial charge in [-0.1, -0.05) is 11.6 Å². The van der Waals surface area contributed by atoms with Crippen LogP contribution in [0, 0.1) is 0 Å². The third-order valence-corrected chi connectivity index (χ3v) is 4.75. The number of amides is 3. The van der Waals surface area contributed by atoms with Crippen molar-refractivity contribution >= 4 is 41.6 Å². The van der Waals surface area contributed by atoms with Gasteiger partial charge in [0.05, 0.1) is 10.7 Å². The summed E-state index contributed by atoms with van der Waals surface area (Å²) in [6, 6.07) is 5.23. The summed E-state index contributed by atoms with van der Waals surface area (Å²) in [4.78, 5) is 25.9. The van der Waals surface area contributed by atoms with Gasteiger partial charge >= 0.3 is 6.03 Å². The quantitative estimate of drug-likeness (QED) is 0.760. The predicted octanol–water partition coefficient (Wildman–Crippen LogP) is 2.16. The van der Waals surface area contributed by atoms with Crippen molar-refractivity contribution in [3.63, 3.8) is 0 Å². The fourth-order valence-corrected chi connectivity index (χ4v) is 3.27. The monoisotopic (exact) mass is 372 g/mol. The summed E-state index contributed by atoms with van der Waals surface area (Å²) in [6.45, 7) is 4.19. The van der Waals surface area contributed by atoms with Crippen LogP contribution >= 0.6 is 24.0 Å². The summed E-state index contributed by atoms with van der Waals surface area (Å²) < 4.78 is 0. The van der Waals surface area contributed by atoms with Gasteiger partial charge in [0.25, 0.3) is 5.91 Å². The van der Waals surface area contributed by atoms with E-state index < -0.39 is 0 Å². The maximum Gasteiger partial charge on any atom is 0.322 e. The summed E-state index contributed by atoms with van der Waals surface area (Å²) in [5.41, 5.74) is 1.09. The van der Waals surface area contributed by atoms with E-state index in [1.807, 2.05) is 0 Å². The molecule has 3 amide bonds. The van der Waals surface area contributed by atoms with E-state index in [1.165, 1.54) is 0 Å². The van der Waals surface area contributed by atoms with Gasteiger partial charge in [0, 0.05) is 30.7 Å². The van der Waals surface area contributed by atoms with Crippen molar-refractivity contribution in [1.29, 1.82) is 0 Å². The topological polar surface area (TPSA) is 73.5 Å². The van der Waals surface area contributed by atoms with Crippen LogP contribution in [-0.2, 0) is 0 Å². The number of hydrogen-bond donors (Lipinski definition) is 3. The van der Waals surface area contributed by atoms with Gasteiger partial charge in [0.15, 0.2) is 0 Å². The first-order chi connectivity index (χ1) is 11.1. The minimum Gasteiger partial charge on any atom is -0.348 e. The highest BCUT2D eigenvalue weighted by Gasteiger charge is 2.26. The van der Waals surface area contributed by atoms with E-state index in [0.717, 1.165) is 19.4 Å². The average Bonchev–Trinajstić information content (AvgIpc) is 2.96. The molecule has 6 nitrogen and oxygen atoms in total. The molecule has 1 aromatic rings. The Morgan fingerprint density at radius 3 is 2.83 bits per heavy atom. The lowest BCUT2D eigenvalue weighted by Gasteiger charge is -2.30. The molecule has 0 bridgehead atoms. The maximum atomic E-state index is 12.5. The molecule has 0 aliphatic carbocycles. The van der Waals surface area contributed by atoms with Gasteiger partial charge in [-0.2, -0.15) is 0 Å². The number of rotatable bonds is 3. The van der Waals surface area contributed by atoms with Gasteiger partial charge in [-0.15, -0.1) is 12.4 Å². The van der Waals surface area contributed by atoms with Gasteiger partial charge in [0.2, 0.25) is 0 Å². The van der Waals surface area contributed by atoms with Gasteiger partial charge in [-0.3, -0.25) is 9.69 Å². The molecule has 2 atom stereocenters. The maximum absolute atomic E-state index is 12.5. The number of nitrogens with zero attached hydrogens (tertiary/aromatic N) is 1. The molecule has 2 aliphatic heterocycles. The summed E-state index contributed by atoms with van der Waals surface area (Å²) >= 11 is 6.20. The summed E-state index contributed by atoms with van der Waals surface area (Å²) in [6.07, 6.45) is 2.02. The second kappa shape index (κ2) is 8.05. The second-order valence-corrected chi connectivity index (χ2v) is 6.42. The molecule has 8 heteroatoms. The largest absolute Gasteiger partial charge is 0.348 e. The SMILES string of the molecule is CC1NCCCC1NC(=O)c1ccc(Cl)c(N2CCNC2=O)c1.Cl. The highest BCUT2D eigenvalue weighted by atomic mass is 35.5. The van der Waals surface area contributed by atoms with Crippen molar-refractivity contribution in [1.82, 2.24) is 16.0 Å². The lowest BCUT2D eigenvalue weighted by molar-refractivity contribution is 0.0920. The summed E-state index contributed by atoms with van der Waals surface area (Å²) in [5, 5.41) is 9.63. The van der Waals surface area contributed by atoms with Crippen molar-refractivity contribution < 1.29 is 9.59 Å². The molecule has 0 aromatic heterocycles. The summed E-state index contributed by atoms with van der Waals surface area (Å²) in [7, 11) is 0. The first kappa shape index (κ1) is 18.8. The van der Waals surface area contributed by atoms with E-state index in [1.54, 1.807) is 23.1 Å². The van der Waals surface area contributed by atoms with Crippen molar-refractivity contribution in [2.75, 3.05) is 24.5 Å². The molecule has 1 aromatic carbocycles. The first-order valence-electron chi connectivity index (χ1n) is 7.95. The molecular formula is C16H22Cl2N4O2. The number of carbonyl (C=O) groups is 2. The molecule has 2 fully saturated rings. The van der Waals surface area contributed by atoms with Crippen LogP contribution in [0.2, 0.25) is 5.02 Å². The Labute approximate surface area is 152 Å². The standard InChI is InChI=1S/C16H21ClN4O2.ClH/c1-10-13(3-2-6-18-10)20-15(22)11-4-5-12(17)14(9-11)21-8-7-19-16(21)23;/h4-5,9-10,13,18H,2-3,6-8H2,1H3,(H,19,23)(H,20,22);1H. The fraction of sp³-hybridized carbons (Fsp3) is 0.500. The zero-order valence-corrected chi connectivity index (χ0v) is 15.0. The second-order valence-electron chi connectivity index (χ2n) is 6.01. The molecular weight excluding hydrogens is 351 g/mol. The molecule has 132 valence electrons. The zero-order valence-electron chi connectivity index (χ0n) is 13.5. The molecule has 2 unspecified atom stereocenters. The molecule has 2 saturated heterocycles. The minimum atomic E-state index is -0.186. The van der Waals surface area contributed by atoms with Crippen LogP contribution in [0.3, 0.4) is 0 Å². The number of hydrogen-bond acceptors (Lipinski definition) is 3. The third-order valence-electron chi connectivity index (χ3n) is 4.43. The number of carbonyl (C=O) groups excluding carboxylic acids is 2. The van der Waals surface area contributed by atoms with Crippen molar-refractivity contribution in [3.05, 3.63) is 28.8 Å². The molecule has 0 saturated carbocycles. The molecule has 2 aliphatic rings. The molecule has 3 N–H and O–H groups in total. The lowest BCUT2D eigenvalue weighted by Crippen LogP contribution is -2.51. The van der Waals surface area contributed by atoms with Crippen LogP contribution < -0.4 is 20.9 Å². The summed E-state index contributed by atoms with van der Waals surface area (Å²) in [5.74, 6) is -0.136. The number of halogens is 2. The minimum absolute atomic E-state index is 0. The van der Waals surface area contributed by atoms with Crippen molar-refractivity contribution in [2.45, 2.75) is 31.8 Å². The van der Waals surface area contributed by atoms with Crippen LogP contribution in [0.25, 0.3) is 0 Å². The molecule has 0 radical (unpaired) electrons. The van der Waals surface area contributed by atoms with Crippen LogP contribution in [-0.4, -0.2) is 43.7 Å². The Kier molecular flexibility index (Phi) is 6.32. The lowest BCUT2D eigenvalue weighted by atomic mass is 9.99. The molecule has 0 spiro atoms. The first-order valence-corrected chi connectivity index (χ1v) is 8.33. The Morgan fingerprint density at radius 2 is 2.17 bits per heavy atom. The molecule has 2 heterocycles. The number of benzene rings is 1. The smallest absolute Gasteiger partial charge is 0.322 e. The van der Waals surface area contributed by atoms with Crippen molar-refractivity contribution in [3.8, 4) is 0 Å². The van der Waals surface area contributed by atoms with Gasteiger partial charge in [0.1, 0.15) is 0 Å². The number of piperidine rings is 1. The van der Waals surface area contributed by atoms with Crippen molar-refractivity contribution in [2.24, 2.45) is 0 Å². The number of urea groups is 1. The van der Waals surface area contributed by atoms with Crippen LogP contribution in [0.1, 0.15) is 30.1 Å². The fourth-order valence-electron chi connectivity index (χ4n) is 3.06. The average molecular weight is 373 g/mol. The Hall–Kier alpha value is -1.50. The number of anilines is 1. The highest BCUT2D eigenvalue weighted by molar-refractivity contribution is 6.34. The van der Waals surface area contributed by atoms with E-state index in [0.29, 0.717) is 29.4 Å². The third kappa shape index (κ3) is 3.94. The van der Waals surface area contributed by atoms with E-state index in [2.05, 4.69) is 22.9 Å². The van der Waals surface area contributed by atoms with E-state index in [4.69, 9.17) is 11.6 Å². The molecule has 3 rings (SSSR count).